The van der Waals surface area contributed by atoms with E-state index in [1.165, 1.54) is 12.4 Å². The topological polar surface area (TPSA) is 95.1 Å². The molecule has 3 N–H and O–H groups in total. The predicted molar refractivity (Wildman–Crippen MR) is 90.5 cm³/mol. The van der Waals surface area contributed by atoms with Gasteiger partial charge in [-0.3, -0.25) is 9.59 Å². The molecular formula is C15H11Br2N3O3. The van der Waals surface area contributed by atoms with Gasteiger partial charge in [-0.1, -0.05) is 0 Å². The van der Waals surface area contributed by atoms with Crippen LogP contribution in [0.3, 0.4) is 0 Å². The Kier molecular flexibility index (Phi) is 4.36. The van der Waals surface area contributed by atoms with Crippen molar-refractivity contribution in [2.75, 3.05) is 6.54 Å². The Balaban J connectivity index is 1.68. The van der Waals surface area contributed by atoms with Crippen molar-refractivity contribution in [3.8, 4) is 5.75 Å². The highest BCUT2D eigenvalue weighted by Crippen LogP contribution is 2.33. The van der Waals surface area contributed by atoms with E-state index in [2.05, 4.69) is 47.1 Å². The summed E-state index contributed by atoms with van der Waals surface area (Å²) >= 11 is 6.55. The minimum atomic E-state index is -0.293. The molecule has 118 valence electrons. The van der Waals surface area contributed by atoms with Crippen LogP contribution in [-0.2, 0) is 6.42 Å². The van der Waals surface area contributed by atoms with Gasteiger partial charge in [-0.15, -0.1) is 0 Å². The molecule has 8 heteroatoms. The first-order chi connectivity index (χ1) is 11.0. The van der Waals surface area contributed by atoms with Gasteiger partial charge in [0.1, 0.15) is 17.1 Å². The number of Topliss-reactive ketones (excluding diaryl/α,β-unsaturated/α-hetero) is 1. The number of nitrogens with zero attached hydrogens (tertiary/aromatic N) is 1. The number of H-pyrrole nitrogens is 1. The Hall–Kier alpha value is -1.93. The number of aromatic nitrogens is 2. The highest BCUT2D eigenvalue weighted by molar-refractivity contribution is 9.11. The Morgan fingerprint density at radius 3 is 2.61 bits per heavy atom. The Labute approximate surface area is 148 Å². The zero-order chi connectivity index (χ0) is 16.6. The van der Waals surface area contributed by atoms with Crippen molar-refractivity contribution < 1.29 is 14.7 Å². The van der Waals surface area contributed by atoms with Crippen LogP contribution in [0.1, 0.15) is 26.5 Å². The van der Waals surface area contributed by atoms with E-state index < -0.39 is 0 Å². The quantitative estimate of drug-likeness (QED) is 0.679. The largest absolute Gasteiger partial charge is 0.506 e. The van der Waals surface area contributed by atoms with Crippen LogP contribution in [0.5, 0.6) is 5.75 Å². The predicted octanol–water partition coefficient (Wildman–Crippen LogP) is 2.74. The van der Waals surface area contributed by atoms with Gasteiger partial charge in [0.15, 0.2) is 0 Å². The average Bonchev–Trinajstić information content (AvgIpc) is 3.00. The van der Waals surface area contributed by atoms with Gasteiger partial charge in [-0.05, 0) is 56.0 Å². The highest BCUT2D eigenvalue weighted by Gasteiger charge is 2.27. The maximum atomic E-state index is 12.2. The van der Waals surface area contributed by atoms with Crippen LogP contribution in [0.2, 0.25) is 0 Å². The van der Waals surface area contributed by atoms with Crippen LogP contribution < -0.4 is 5.32 Å². The Morgan fingerprint density at radius 1 is 1.22 bits per heavy atom. The van der Waals surface area contributed by atoms with Crippen molar-refractivity contribution in [3.63, 3.8) is 0 Å². The molecule has 0 saturated heterocycles. The summed E-state index contributed by atoms with van der Waals surface area (Å²) in [5.74, 6) is -0.423. The molecule has 6 nitrogen and oxygen atoms in total. The number of benzene rings is 1. The summed E-state index contributed by atoms with van der Waals surface area (Å²) in [7, 11) is 0. The van der Waals surface area contributed by atoms with Crippen LogP contribution in [0.15, 0.2) is 39.2 Å². The third kappa shape index (κ3) is 3.09. The molecule has 0 saturated carbocycles. The lowest BCUT2D eigenvalue weighted by atomic mass is 10.0. The van der Waals surface area contributed by atoms with E-state index in [-0.39, 0.29) is 34.4 Å². The number of nitrogens with one attached hydrogen (secondary N) is 2. The average molecular weight is 441 g/mol. The van der Waals surface area contributed by atoms with Gasteiger partial charge in [0.2, 0.25) is 11.6 Å². The minimum Gasteiger partial charge on any atom is -0.506 e. The number of aromatic amines is 1. The molecule has 3 rings (SSSR count). The minimum absolute atomic E-state index is 0.143. The van der Waals surface area contributed by atoms with Crippen LogP contribution in [0.25, 0.3) is 0 Å². The number of fused-ring (bicyclic) bond motifs is 1. The van der Waals surface area contributed by atoms with Gasteiger partial charge in [0.25, 0.3) is 0 Å². The van der Waals surface area contributed by atoms with Crippen molar-refractivity contribution >= 4 is 43.4 Å². The van der Waals surface area contributed by atoms with Gasteiger partial charge >= 0.3 is 0 Å². The lowest BCUT2D eigenvalue weighted by molar-refractivity contribution is 0.0973. The molecule has 1 aliphatic carbocycles. The molecule has 0 amide bonds. The van der Waals surface area contributed by atoms with Crippen molar-refractivity contribution in [3.05, 3.63) is 56.1 Å². The molecule has 0 spiro atoms. The zero-order valence-electron chi connectivity index (χ0n) is 11.7. The number of allylic oxidation sites excluding steroid dienone is 2. The van der Waals surface area contributed by atoms with Crippen molar-refractivity contribution in [1.29, 1.82) is 0 Å². The standard InChI is InChI=1S/C15H11Br2N3O3/c16-8-3-7(4-9(17)14(8)22)1-2-18-10-5-11(21)12-13(15(10)23)20-6-19-12/h3-6,18,22H,1-2H2,(H,19,20). The number of ketones is 2. The summed E-state index contributed by atoms with van der Waals surface area (Å²) in [6.07, 6.45) is 3.23. The van der Waals surface area contributed by atoms with E-state index in [4.69, 9.17) is 0 Å². The number of rotatable bonds is 4. The molecule has 0 aliphatic heterocycles. The number of aromatic hydroxyl groups is 1. The van der Waals surface area contributed by atoms with E-state index in [1.54, 1.807) is 12.1 Å². The second-order valence-electron chi connectivity index (χ2n) is 4.96. The van der Waals surface area contributed by atoms with E-state index in [9.17, 15) is 14.7 Å². The molecule has 0 unspecified atom stereocenters. The number of halogens is 2. The monoisotopic (exact) mass is 439 g/mol. The molecular weight excluding hydrogens is 430 g/mol. The third-order valence-electron chi connectivity index (χ3n) is 3.43. The number of phenols is 1. The van der Waals surface area contributed by atoms with Gasteiger partial charge in [0.05, 0.1) is 21.0 Å². The molecule has 0 fully saturated rings. The number of carbonyl (C=O) groups is 2. The molecule has 23 heavy (non-hydrogen) atoms. The number of carbonyl (C=O) groups excluding carboxylic acids is 2. The van der Waals surface area contributed by atoms with Gasteiger partial charge in [-0.25, -0.2) is 4.98 Å². The molecule has 1 aromatic carbocycles. The SMILES string of the molecule is O=C1C=C(NCCc2cc(Br)c(O)c(Br)c2)C(=O)c2[nH]cnc21. The fourth-order valence-electron chi connectivity index (χ4n) is 2.29. The molecule has 0 bridgehead atoms. The summed E-state index contributed by atoms with van der Waals surface area (Å²) in [5.41, 5.74) is 1.59. The second kappa shape index (κ2) is 6.29. The van der Waals surface area contributed by atoms with E-state index in [0.717, 1.165) is 5.56 Å². The normalized spacial score (nSPS) is 13.7. The first-order valence-corrected chi connectivity index (χ1v) is 8.31. The van der Waals surface area contributed by atoms with Gasteiger partial charge < -0.3 is 15.4 Å². The summed E-state index contributed by atoms with van der Waals surface area (Å²) < 4.78 is 1.18. The van der Waals surface area contributed by atoms with Crippen LogP contribution in [0.4, 0.5) is 0 Å². The summed E-state index contributed by atoms with van der Waals surface area (Å²) in [4.78, 5) is 30.6. The number of hydrogen-bond donors (Lipinski definition) is 3. The number of imidazole rings is 1. The molecule has 0 atom stereocenters. The number of phenolic OH excluding ortho intramolecular Hbond substituents is 1. The summed E-state index contributed by atoms with van der Waals surface area (Å²) in [6, 6.07) is 3.61. The van der Waals surface area contributed by atoms with E-state index in [0.29, 0.717) is 21.9 Å². The van der Waals surface area contributed by atoms with Crippen LogP contribution in [-0.4, -0.2) is 33.2 Å². The molecule has 2 aromatic rings. The van der Waals surface area contributed by atoms with Crippen LogP contribution >= 0.6 is 31.9 Å². The van der Waals surface area contributed by atoms with Crippen molar-refractivity contribution in [1.82, 2.24) is 15.3 Å². The molecule has 1 aromatic heterocycles. The molecule has 1 heterocycles. The summed E-state index contributed by atoms with van der Waals surface area (Å²) in [5, 5.41) is 12.7. The van der Waals surface area contributed by atoms with Crippen molar-refractivity contribution in [2.24, 2.45) is 0 Å². The van der Waals surface area contributed by atoms with Crippen LogP contribution in [0, 0.1) is 0 Å². The van der Waals surface area contributed by atoms with Crippen molar-refractivity contribution in [2.45, 2.75) is 6.42 Å². The maximum Gasteiger partial charge on any atom is 0.227 e. The fourth-order valence-corrected chi connectivity index (χ4v) is 3.57. The first-order valence-electron chi connectivity index (χ1n) is 6.72. The van der Waals surface area contributed by atoms with Gasteiger partial charge in [0, 0.05) is 12.6 Å². The highest BCUT2D eigenvalue weighted by atomic mass is 79.9. The van der Waals surface area contributed by atoms with E-state index >= 15 is 0 Å². The smallest absolute Gasteiger partial charge is 0.227 e. The fraction of sp³-hybridized carbons (Fsp3) is 0.133. The Morgan fingerprint density at radius 2 is 1.91 bits per heavy atom. The summed E-state index contributed by atoms with van der Waals surface area (Å²) in [6.45, 7) is 0.470. The maximum absolute atomic E-state index is 12.2. The first kappa shape index (κ1) is 15.9. The zero-order valence-corrected chi connectivity index (χ0v) is 14.9. The lowest BCUT2D eigenvalue weighted by Crippen LogP contribution is -2.28. The number of hydrogen-bond acceptors (Lipinski definition) is 5. The molecule has 1 aliphatic rings. The second-order valence-corrected chi connectivity index (χ2v) is 6.67. The lowest BCUT2D eigenvalue weighted by Gasteiger charge is -2.13. The Bertz CT molecular complexity index is 819. The third-order valence-corrected chi connectivity index (χ3v) is 4.63. The van der Waals surface area contributed by atoms with E-state index in [1.807, 2.05) is 0 Å². The molecule has 0 radical (unpaired) electrons. The van der Waals surface area contributed by atoms with Gasteiger partial charge in [-0.2, -0.15) is 0 Å².